The molecule has 4 nitrogen and oxygen atoms in total. The molecule has 116 valence electrons. The van der Waals surface area contributed by atoms with E-state index in [9.17, 15) is 13.2 Å². The van der Waals surface area contributed by atoms with Gasteiger partial charge in [0.1, 0.15) is 0 Å². The van der Waals surface area contributed by atoms with Crippen molar-refractivity contribution in [3.05, 3.63) is 29.3 Å². The van der Waals surface area contributed by atoms with Crippen LogP contribution in [0.4, 0.5) is 5.69 Å². The van der Waals surface area contributed by atoms with E-state index in [0.717, 1.165) is 29.7 Å². The molecule has 1 atom stereocenters. The van der Waals surface area contributed by atoms with E-state index in [-0.39, 0.29) is 17.4 Å². The van der Waals surface area contributed by atoms with Gasteiger partial charge in [-0.05, 0) is 36.8 Å². The van der Waals surface area contributed by atoms with Gasteiger partial charge in [0.15, 0.2) is 9.84 Å². The summed E-state index contributed by atoms with van der Waals surface area (Å²) in [6.45, 7) is 4.10. The highest BCUT2D eigenvalue weighted by Crippen LogP contribution is 2.25. The number of rotatable bonds is 4. The van der Waals surface area contributed by atoms with E-state index < -0.39 is 15.8 Å². The van der Waals surface area contributed by atoms with E-state index in [2.05, 4.69) is 19.2 Å². The minimum atomic E-state index is -3.06. The molecule has 0 saturated carbocycles. The Morgan fingerprint density at radius 2 is 1.86 bits per heavy atom. The first-order valence-electron chi connectivity index (χ1n) is 7.59. The van der Waals surface area contributed by atoms with Crippen LogP contribution in [0.5, 0.6) is 0 Å². The van der Waals surface area contributed by atoms with Crippen molar-refractivity contribution in [1.82, 2.24) is 0 Å². The minimum Gasteiger partial charge on any atom is -0.325 e. The van der Waals surface area contributed by atoms with Gasteiger partial charge in [-0.15, -0.1) is 0 Å². The van der Waals surface area contributed by atoms with Gasteiger partial charge < -0.3 is 5.32 Å². The third-order valence-corrected chi connectivity index (χ3v) is 5.90. The van der Waals surface area contributed by atoms with Gasteiger partial charge in [0.2, 0.25) is 5.91 Å². The third-order valence-electron chi connectivity index (χ3n) is 4.08. The number of sulfone groups is 1. The monoisotopic (exact) mass is 309 g/mol. The summed E-state index contributed by atoms with van der Waals surface area (Å²) in [7, 11) is -3.06. The number of hydrogen-bond donors (Lipinski definition) is 1. The Hall–Kier alpha value is -1.36. The molecule has 2 rings (SSSR count). The number of benzene rings is 1. The van der Waals surface area contributed by atoms with Crippen LogP contribution in [0.2, 0.25) is 0 Å². The SMILES string of the molecule is CCc1cccc(CC)c1NC(=O)C1CCCS(=O)(=O)C1. The topological polar surface area (TPSA) is 63.2 Å². The molecule has 1 aliphatic heterocycles. The quantitative estimate of drug-likeness (QED) is 0.930. The lowest BCUT2D eigenvalue weighted by Gasteiger charge is -2.23. The molecule has 1 unspecified atom stereocenters. The van der Waals surface area contributed by atoms with Crippen molar-refractivity contribution in [2.24, 2.45) is 5.92 Å². The zero-order valence-electron chi connectivity index (χ0n) is 12.7. The number of para-hydroxylation sites is 1. The van der Waals surface area contributed by atoms with E-state index in [1.807, 2.05) is 18.2 Å². The smallest absolute Gasteiger partial charge is 0.228 e. The number of aryl methyl sites for hydroxylation is 2. The Kier molecular flexibility index (Phi) is 5.04. The second-order valence-corrected chi connectivity index (χ2v) is 7.83. The average molecular weight is 309 g/mol. The van der Waals surface area contributed by atoms with Crippen molar-refractivity contribution in [2.45, 2.75) is 39.5 Å². The van der Waals surface area contributed by atoms with Gasteiger partial charge in [0.05, 0.1) is 17.4 Å². The second kappa shape index (κ2) is 6.60. The van der Waals surface area contributed by atoms with Crippen molar-refractivity contribution >= 4 is 21.4 Å². The number of anilines is 1. The Bertz CT molecular complexity index is 600. The molecule has 0 spiro atoms. The normalized spacial score (nSPS) is 21.0. The van der Waals surface area contributed by atoms with E-state index in [1.54, 1.807) is 0 Å². The molecule has 1 aromatic carbocycles. The van der Waals surface area contributed by atoms with Crippen LogP contribution in [-0.4, -0.2) is 25.8 Å². The fourth-order valence-corrected chi connectivity index (χ4v) is 4.56. The number of nitrogens with one attached hydrogen (secondary N) is 1. The molecule has 1 fully saturated rings. The lowest BCUT2D eigenvalue weighted by Crippen LogP contribution is -2.34. The molecule has 1 aromatic rings. The molecular weight excluding hydrogens is 286 g/mol. The zero-order chi connectivity index (χ0) is 15.5. The van der Waals surface area contributed by atoms with Crippen LogP contribution in [-0.2, 0) is 27.5 Å². The molecule has 1 saturated heterocycles. The van der Waals surface area contributed by atoms with Crippen LogP contribution in [0.3, 0.4) is 0 Å². The molecule has 21 heavy (non-hydrogen) atoms. The molecule has 0 aliphatic carbocycles. The van der Waals surface area contributed by atoms with Gasteiger partial charge in [0, 0.05) is 5.69 Å². The third kappa shape index (κ3) is 3.84. The van der Waals surface area contributed by atoms with E-state index in [4.69, 9.17) is 0 Å². The molecule has 0 bridgehead atoms. The zero-order valence-corrected chi connectivity index (χ0v) is 13.5. The van der Waals surface area contributed by atoms with Crippen LogP contribution in [0.25, 0.3) is 0 Å². The van der Waals surface area contributed by atoms with E-state index in [1.165, 1.54) is 0 Å². The van der Waals surface area contributed by atoms with Gasteiger partial charge in [-0.2, -0.15) is 0 Å². The van der Waals surface area contributed by atoms with Crippen molar-refractivity contribution in [3.8, 4) is 0 Å². The largest absolute Gasteiger partial charge is 0.325 e. The number of carbonyl (C=O) groups is 1. The fraction of sp³-hybridized carbons (Fsp3) is 0.562. The molecule has 1 heterocycles. The minimum absolute atomic E-state index is 0.0193. The Morgan fingerprint density at radius 3 is 2.38 bits per heavy atom. The second-order valence-electron chi connectivity index (χ2n) is 5.60. The fourth-order valence-electron chi connectivity index (χ4n) is 2.86. The Labute approximate surface area is 126 Å². The van der Waals surface area contributed by atoms with Crippen LogP contribution in [0, 0.1) is 5.92 Å². The molecule has 1 amide bonds. The first kappa shape index (κ1) is 16.0. The van der Waals surface area contributed by atoms with E-state index >= 15 is 0 Å². The van der Waals surface area contributed by atoms with Gasteiger partial charge in [0.25, 0.3) is 0 Å². The summed E-state index contributed by atoms with van der Waals surface area (Å²) in [6, 6.07) is 6.01. The van der Waals surface area contributed by atoms with Crippen LogP contribution >= 0.6 is 0 Å². The molecular formula is C16H23NO3S. The summed E-state index contributed by atoms with van der Waals surface area (Å²) in [5.41, 5.74) is 3.07. The predicted octanol–water partition coefficient (Wildman–Crippen LogP) is 2.57. The lowest BCUT2D eigenvalue weighted by molar-refractivity contribution is -0.119. The molecule has 0 aromatic heterocycles. The van der Waals surface area contributed by atoms with Crippen molar-refractivity contribution in [1.29, 1.82) is 0 Å². The maximum Gasteiger partial charge on any atom is 0.228 e. The molecule has 0 radical (unpaired) electrons. The maximum absolute atomic E-state index is 12.4. The summed E-state index contributed by atoms with van der Waals surface area (Å²) >= 11 is 0. The highest BCUT2D eigenvalue weighted by atomic mass is 32.2. The highest BCUT2D eigenvalue weighted by Gasteiger charge is 2.30. The summed E-state index contributed by atoms with van der Waals surface area (Å²) < 4.78 is 23.4. The standard InChI is InChI=1S/C16H23NO3S/c1-3-12-7-5-8-13(4-2)15(12)17-16(18)14-9-6-10-21(19,20)11-14/h5,7-8,14H,3-4,6,9-11H2,1-2H3,(H,17,18). The predicted molar refractivity (Wildman–Crippen MR) is 85.2 cm³/mol. The maximum atomic E-state index is 12.4. The first-order valence-corrected chi connectivity index (χ1v) is 9.41. The number of carbonyl (C=O) groups excluding carboxylic acids is 1. The number of hydrogen-bond acceptors (Lipinski definition) is 3. The summed E-state index contributed by atoms with van der Waals surface area (Å²) in [5, 5.41) is 2.99. The Morgan fingerprint density at radius 1 is 1.24 bits per heavy atom. The van der Waals surface area contributed by atoms with Gasteiger partial charge >= 0.3 is 0 Å². The molecule has 5 heteroatoms. The lowest BCUT2D eigenvalue weighted by atomic mass is 10.0. The van der Waals surface area contributed by atoms with Gasteiger partial charge in [-0.3, -0.25) is 4.79 Å². The van der Waals surface area contributed by atoms with E-state index in [0.29, 0.717) is 12.8 Å². The van der Waals surface area contributed by atoms with Crippen LogP contribution in [0.1, 0.15) is 37.8 Å². The van der Waals surface area contributed by atoms with Crippen molar-refractivity contribution in [3.63, 3.8) is 0 Å². The first-order chi connectivity index (χ1) is 9.96. The summed E-state index contributed by atoms with van der Waals surface area (Å²) in [6.07, 6.45) is 2.91. The Balaban J connectivity index is 2.20. The summed E-state index contributed by atoms with van der Waals surface area (Å²) in [4.78, 5) is 12.4. The molecule has 1 N–H and O–H groups in total. The van der Waals surface area contributed by atoms with Crippen LogP contribution in [0.15, 0.2) is 18.2 Å². The average Bonchev–Trinajstić information content (AvgIpc) is 2.46. The summed E-state index contributed by atoms with van der Waals surface area (Å²) in [5.74, 6) is -0.385. The van der Waals surface area contributed by atoms with Gasteiger partial charge in [-0.1, -0.05) is 32.0 Å². The van der Waals surface area contributed by atoms with Gasteiger partial charge in [-0.25, -0.2) is 8.42 Å². The van der Waals surface area contributed by atoms with Crippen LogP contribution < -0.4 is 5.32 Å². The number of amides is 1. The van der Waals surface area contributed by atoms with Crippen molar-refractivity contribution < 1.29 is 13.2 Å². The van der Waals surface area contributed by atoms with Crippen molar-refractivity contribution in [2.75, 3.05) is 16.8 Å². The molecule has 1 aliphatic rings. The highest BCUT2D eigenvalue weighted by molar-refractivity contribution is 7.91.